The van der Waals surface area contributed by atoms with Crippen LogP contribution in [0.1, 0.15) is 12.0 Å². The van der Waals surface area contributed by atoms with Gasteiger partial charge in [0, 0.05) is 11.3 Å². The maximum Gasteiger partial charge on any atom is 0.143 e. The number of carbonyl (C=O) groups excluding carboxylic acids is 1. The molecule has 2 aromatic rings. The van der Waals surface area contributed by atoms with Gasteiger partial charge in [-0.15, -0.1) is 11.8 Å². The van der Waals surface area contributed by atoms with E-state index in [4.69, 9.17) is 0 Å². The molecule has 0 aliphatic carbocycles. The highest BCUT2D eigenvalue weighted by molar-refractivity contribution is 8.00. The average molecular weight is 280 g/mol. The molecule has 4 heteroatoms. The minimum absolute atomic E-state index is 0.232. The largest absolute Gasteiger partial charge is 0.299 e. The number of thioether (sulfide) groups is 1. The molecule has 94 valence electrons. The molecule has 0 unspecified atom stereocenters. The molecule has 18 heavy (non-hydrogen) atoms. The number of carbonyl (C=O) groups is 1. The van der Waals surface area contributed by atoms with Gasteiger partial charge in [0.2, 0.25) is 0 Å². The third-order valence-electron chi connectivity index (χ3n) is 2.49. The summed E-state index contributed by atoms with van der Waals surface area (Å²) in [6.07, 6.45) is 1.39. The Hall–Kier alpha value is -1.13. The fourth-order valence-electron chi connectivity index (χ4n) is 1.49. The summed E-state index contributed by atoms with van der Waals surface area (Å²) in [4.78, 5) is 12.6. The monoisotopic (exact) mass is 280 g/mol. The fraction of sp³-hybridized carbons (Fsp3) is 0.214. The number of hydrogen-bond acceptors (Lipinski definition) is 3. The van der Waals surface area contributed by atoms with Crippen LogP contribution < -0.4 is 0 Å². The van der Waals surface area contributed by atoms with Crippen LogP contribution >= 0.6 is 23.1 Å². The molecule has 1 aromatic heterocycles. The van der Waals surface area contributed by atoms with Crippen LogP contribution in [-0.2, 0) is 11.2 Å². The van der Waals surface area contributed by atoms with Crippen LogP contribution in [0.2, 0.25) is 0 Å². The van der Waals surface area contributed by atoms with Gasteiger partial charge in [0.05, 0.1) is 5.75 Å². The topological polar surface area (TPSA) is 17.1 Å². The molecule has 0 aliphatic rings. The maximum atomic E-state index is 12.7. The number of aryl methyl sites for hydroxylation is 1. The fourth-order valence-corrected chi connectivity index (χ4v) is 2.99. The molecule has 2 rings (SSSR count). The first-order chi connectivity index (χ1) is 8.74. The molecule has 0 amide bonds. The zero-order valence-electron chi connectivity index (χ0n) is 9.77. The van der Waals surface area contributed by atoms with Crippen molar-refractivity contribution in [2.24, 2.45) is 0 Å². The smallest absolute Gasteiger partial charge is 0.143 e. The number of halogens is 1. The average Bonchev–Trinajstić information content (AvgIpc) is 2.89. The highest BCUT2D eigenvalue weighted by Crippen LogP contribution is 2.19. The first kappa shape index (κ1) is 13.3. The van der Waals surface area contributed by atoms with E-state index in [1.807, 2.05) is 11.4 Å². The third-order valence-corrected chi connectivity index (χ3v) is 4.29. The van der Waals surface area contributed by atoms with E-state index >= 15 is 0 Å². The second-order valence-electron chi connectivity index (χ2n) is 3.91. The Morgan fingerprint density at radius 3 is 2.67 bits per heavy atom. The Kier molecular flexibility index (Phi) is 4.96. The van der Waals surface area contributed by atoms with E-state index in [0.717, 1.165) is 11.3 Å². The molecule has 0 spiro atoms. The molecule has 0 fully saturated rings. The lowest BCUT2D eigenvalue weighted by Crippen LogP contribution is -2.02. The van der Waals surface area contributed by atoms with Gasteiger partial charge in [-0.1, -0.05) is 0 Å². The summed E-state index contributed by atoms with van der Waals surface area (Å²) in [7, 11) is 0. The summed E-state index contributed by atoms with van der Waals surface area (Å²) >= 11 is 3.11. The van der Waals surface area contributed by atoms with Crippen LogP contribution in [-0.4, -0.2) is 11.5 Å². The van der Waals surface area contributed by atoms with Crippen molar-refractivity contribution in [3.63, 3.8) is 0 Å². The van der Waals surface area contributed by atoms with Crippen molar-refractivity contribution in [3.05, 3.63) is 52.5 Å². The summed E-state index contributed by atoms with van der Waals surface area (Å²) < 4.78 is 12.7. The highest BCUT2D eigenvalue weighted by atomic mass is 32.2. The lowest BCUT2D eigenvalue weighted by Gasteiger charge is -2.01. The van der Waals surface area contributed by atoms with Crippen LogP contribution in [0.15, 0.2) is 46.0 Å². The van der Waals surface area contributed by atoms with E-state index in [1.54, 1.807) is 23.5 Å². The number of hydrogen-bond donors (Lipinski definition) is 0. The van der Waals surface area contributed by atoms with Gasteiger partial charge >= 0.3 is 0 Å². The van der Waals surface area contributed by atoms with E-state index in [0.29, 0.717) is 12.2 Å². The predicted molar refractivity (Wildman–Crippen MR) is 74.8 cm³/mol. The molecule has 0 N–H and O–H groups in total. The second-order valence-corrected chi connectivity index (χ2v) is 5.74. The summed E-state index contributed by atoms with van der Waals surface area (Å²) in [5.41, 5.74) is 1.22. The summed E-state index contributed by atoms with van der Waals surface area (Å²) in [5.74, 6) is 0.439. The van der Waals surface area contributed by atoms with Gasteiger partial charge in [0.15, 0.2) is 0 Å². The lowest BCUT2D eigenvalue weighted by molar-refractivity contribution is -0.116. The van der Waals surface area contributed by atoms with E-state index in [-0.39, 0.29) is 11.6 Å². The van der Waals surface area contributed by atoms with Crippen LogP contribution in [0.3, 0.4) is 0 Å². The van der Waals surface area contributed by atoms with Crippen LogP contribution in [0, 0.1) is 5.82 Å². The zero-order chi connectivity index (χ0) is 12.8. The Morgan fingerprint density at radius 1 is 1.22 bits per heavy atom. The van der Waals surface area contributed by atoms with Gasteiger partial charge in [0.1, 0.15) is 11.6 Å². The van der Waals surface area contributed by atoms with Crippen LogP contribution in [0.25, 0.3) is 0 Å². The molecule has 1 nitrogen and oxygen atoms in total. The van der Waals surface area contributed by atoms with E-state index in [1.165, 1.54) is 29.5 Å². The zero-order valence-corrected chi connectivity index (χ0v) is 11.4. The molecule has 0 aliphatic heterocycles. The molecule has 0 saturated heterocycles. The molecule has 0 atom stereocenters. The van der Waals surface area contributed by atoms with Gasteiger partial charge in [-0.05, 0) is 53.1 Å². The lowest BCUT2D eigenvalue weighted by atomic mass is 10.1. The van der Waals surface area contributed by atoms with Crippen molar-refractivity contribution >= 4 is 28.9 Å². The third kappa shape index (κ3) is 4.27. The minimum Gasteiger partial charge on any atom is -0.299 e. The maximum absolute atomic E-state index is 12.7. The first-order valence-corrected chi connectivity index (χ1v) is 7.58. The molecular formula is C14H13FOS2. The van der Waals surface area contributed by atoms with E-state index < -0.39 is 0 Å². The Labute approximate surface area is 114 Å². The van der Waals surface area contributed by atoms with E-state index in [9.17, 15) is 9.18 Å². The molecule has 0 radical (unpaired) electrons. The Bertz CT molecular complexity index is 491. The van der Waals surface area contributed by atoms with Crippen LogP contribution in [0.4, 0.5) is 4.39 Å². The molecular weight excluding hydrogens is 267 g/mol. The van der Waals surface area contributed by atoms with Crippen molar-refractivity contribution in [1.29, 1.82) is 0 Å². The van der Waals surface area contributed by atoms with Crippen LogP contribution in [0.5, 0.6) is 0 Å². The number of benzene rings is 1. The van der Waals surface area contributed by atoms with Gasteiger partial charge < -0.3 is 0 Å². The molecule has 1 heterocycles. The first-order valence-electron chi connectivity index (χ1n) is 5.65. The van der Waals surface area contributed by atoms with Gasteiger partial charge in [-0.2, -0.15) is 11.3 Å². The standard InChI is InChI=1S/C14H13FOS2/c15-12-2-5-14(6-3-12)18-10-13(16)4-1-11-7-8-17-9-11/h2-3,5-9H,1,4,10H2. The van der Waals surface area contributed by atoms with Crippen molar-refractivity contribution in [2.75, 3.05) is 5.75 Å². The Morgan fingerprint density at radius 2 is 2.00 bits per heavy atom. The minimum atomic E-state index is -0.247. The summed E-state index contributed by atoms with van der Waals surface area (Å²) in [6.45, 7) is 0. The number of ketones is 1. The number of Topliss-reactive ketones (excluding diaryl/α,β-unsaturated/α-hetero) is 1. The predicted octanol–water partition coefficient (Wildman–Crippen LogP) is 4.18. The van der Waals surface area contributed by atoms with Crippen molar-refractivity contribution in [1.82, 2.24) is 0 Å². The van der Waals surface area contributed by atoms with Gasteiger partial charge in [-0.25, -0.2) is 4.39 Å². The van der Waals surface area contributed by atoms with Crippen molar-refractivity contribution < 1.29 is 9.18 Å². The highest BCUT2D eigenvalue weighted by Gasteiger charge is 2.04. The Balaban J connectivity index is 1.73. The normalized spacial score (nSPS) is 10.5. The second kappa shape index (κ2) is 6.71. The summed E-state index contributed by atoms with van der Waals surface area (Å²) in [5, 5.41) is 4.09. The molecule has 0 saturated carbocycles. The van der Waals surface area contributed by atoms with Gasteiger partial charge in [-0.3, -0.25) is 4.79 Å². The SMILES string of the molecule is O=C(CCc1ccsc1)CSc1ccc(F)cc1. The summed E-state index contributed by atoms with van der Waals surface area (Å²) in [6, 6.07) is 8.28. The van der Waals surface area contributed by atoms with E-state index in [2.05, 4.69) is 5.38 Å². The quantitative estimate of drug-likeness (QED) is 0.738. The number of thiophene rings is 1. The van der Waals surface area contributed by atoms with Gasteiger partial charge in [0.25, 0.3) is 0 Å². The molecule has 1 aromatic carbocycles. The van der Waals surface area contributed by atoms with Crippen molar-refractivity contribution in [2.45, 2.75) is 17.7 Å². The van der Waals surface area contributed by atoms with Crippen molar-refractivity contribution in [3.8, 4) is 0 Å². The number of rotatable bonds is 6. The molecule has 0 bridgehead atoms.